The van der Waals surface area contributed by atoms with Gasteiger partial charge in [-0.1, -0.05) is 6.92 Å². The SMILES string of the molecule is CCCNC(Cc1ccncc1)Cc1nc(C)c(C)s1. The van der Waals surface area contributed by atoms with Crippen molar-refractivity contribution in [3.63, 3.8) is 0 Å². The van der Waals surface area contributed by atoms with Crippen molar-refractivity contribution < 1.29 is 0 Å². The van der Waals surface area contributed by atoms with Gasteiger partial charge < -0.3 is 5.32 Å². The molecular formula is C16H23N3S. The Hall–Kier alpha value is -1.26. The number of hydrogen-bond donors (Lipinski definition) is 1. The second-order valence-electron chi connectivity index (χ2n) is 5.16. The van der Waals surface area contributed by atoms with Crippen molar-refractivity contribution in [2.45, 2.75) is 46.1 Å². The number of nitrogens with one attached hydrogen (secondary N) is 1. The Kier molecular flexibility index (Phi) is 5.68. The Morgan fingerprint density at radius 1 is 1.20 bits per heavy atom. The minimum Gasteiger partial charge on any atom is -0.313 e. The van der Waals surface area contributed by atoms with E-state index >= 15 is 0 Å². The highest BCUT2D eigenvalue weighted by Gasteiger charge is 2.13. The molecule has 0 aromatic carbocycles. The number of aryl methyl sites for hydroxylation is 2. The molecule has 0 saturated carbocycles. The van der Waals surface area contributed by atoms with Gasteiger partial charge >= 0.3 is 0 Å². The van der Waals surface area contributed by atoms with Crippen LogP contribution in [0.3, 0.4) is 0 Å². The predicted molar refractivity (Wildman–Crippen MR) is 85.3 cm³/mol. The van der Waals surface area contributed by atoms with E-state index in [1.165, 1.54) is 21.1 Å². The first-order valence-corrected chi connectivity index (χ1v) is 8.06. The van der Waals surface area contributed by atoms with Crippen LogP contribution in [0, 0.1) is 13.8 Å². The molecule has 2 heterocycles. The lowest BCUT2D eigenvalue weighted by Gasteiger charge is -2.17. The van der Waals surface area contributed by atoms with Gasteiger partial charge in [-0.3, -0.25) is 4.98 Å². The summed E-state index contributed by atoms with van der Waals surface area (Å²) in [4.78, 5) is 10.1. The van der Waals surface area contributed by atoms with Gasteiger partial charge in [0.05, 0.1) is 10.7 Å². The average molecular weight is 289 g/mol. The van der Waals surface area contributed by atoms with Gasteiger partial charge in [0.15, 0.2) is 0 Å². The number of aromatic nitrogens is 2. The molecule has 0 aliphatic heterocycles. The molecule has 1 atom stereocenters. The molecule has 0 spiro atoms. The minimum atomic E-state index is 0.447. The van der Waals surface area contributed by atoms with Crippen LogP contribution in [0.5, 0.6) is 0 Å². The van der Waals surface area contributed by atoms with Crippen molar-refractivity contribution in [3.05, 3.63) is 45.7 Å². The summed E-state index contributed by atoms with van der Waals surface area (Å²) in [6, 6.07) is 4.64. The molecule has 108 valence electrons. The number of pyridine rings is 1. The monoisotopic (exact) mass is 289 g/mol. The van der Waals surface area contributed by atoms with Crippen molar-refractivity contribution >= 4 is 11.3 Å². The molecule has 1 N–H and O–H groups in total. The van der Waals surface area contributed by atoms with E-state index in [1.807, 2.05) is 23.7 Å². The zero-order valence-corrected chi connectivity index (χ0v) is 13.3. The lowest BCUT2D eigenvalue weighted by atomic mass is 10.0. The molecule has 0 amide bonds. The van der Waals surface area contributed by atoms with Gasteiger partial charge in [-0.05, 0) is 50.9 Å². The zero-order valence-electron chi connectivity index (χ0n) is 12.5. The quantitative estimate of drug-likeness (QED) is 0.850. The summed E-state index contributed by atoms with van der Waals surface area (Å²) in [7, 11) is 0. The van der Waals surface area contributed by atoms with Crippen LogP contribution in [-0.4, -0.2) is 22.6 Å². The summed E-state index contributed by atoms with van der Waals surface area (Å²) in [5, 5.41) is 4.88. The topological polar surface area (TPSA) is 37.8 Å². The molecule has 4 heteroatoms. The molecule has 3 nitrogen and oxygen atoms in total. The van der Waals surface area contributed by atoms with Gasteiger partial charge in [0, 0.05) is 29.7 Å². The van der Waals surface area contributed by atoms with Crippen LogP contribution >= 0.6 is 11.3 Å². The summed E-state index contributed by atoms with van der Waals surface area (Å²) in [6.45, 7) is 7.49. The summed E-state index contributed by atoms with van der Waals surface area (Å²) in [5.41, 5.74) is 2.50. The Balaban J connectivity index is 2.03. The van der Waals surface area contributed by atoms with Gasteiger partial charge in [-0.2, -0.15) is 0 Å². The van der Waals surface area contributed by atoms with E-state index in [4.69, 9.17) is 0 Å². The Labute approximate surface area is 125 Å². The van der Waals surface area contributed by atoms with Crippen LogP contribution in [0.25, 0.3) is 0 Å². The lowest BCUT2D eigenvalue weighted by molar-refractivity contribution is 0.503. The number of thiazole rings is 1. The van der Waals surface area contributed by atoms with Gasteiger partial charge in [0.1, 0.15) is 0 Å². The largest absolute Gasteiger partial charge is 0.313 e. The Morgan fingerprint density at radius 3 is 2.55 bits per heavy atom. The van der Waals surface area contributed by atoms with Crippen molar-refractivity contribution in [2.75, 3.05) is 6.54 Å². The highest BCUT2D eigenvalue weighted by atomic mass is 32.1. The first-order chi connectivity index (χ1) is 9.69. The fourth-order valence-corrected chi connectivity index (χ4v) is 3.22. The van der Waals surface area contributed by atoms with E-state index in [0.717, 1.165) is 25.8 Å². The summed E-state index contributed by atoms with van der Waals surface area (Å²) >= 11 is 1.82. The van der Waals surface area contributed by atoms with E-state index in [-0.39, 0.29) is 0 Å². The summed E-state index contributed by atoms with van der Waals surface area (Å²) in [6.07, 6.45) is 6.92. The maximum absolute atomic E-state index is 4.67. The van der Waals surface area contributed by atoms with Gasteiger partial charge in [-0.15, -0.1) is 11.3 Å². The first-order valence-electron chi connectivity index (χ1n) is 7.24. The first kappa shape index (κ1) is 15.1. The predicted octanol–water partition coefficient (Wildman–Crippen LogP) is 3.31. The van der Waals surface area contributed by atoms with Crippen LogP contribution in [0.1, 0.15) is 34.5 Å². The van der Waals surface area contributed by atoms with E-state index in [1.54, 1.807) is 0 Å². The van der Waals surface area contributed by atoms with Crippen LogP contribution < -0.4 is 5.32 Å². The maximum atomic E-state index is 4.67. The molecule has 0 bridgehead atoms. The van der Waals surface area contributed by atoms with E-state index in [2.05, 4.69) is 48.2 Å². The molecule has 20 heavy (non-hydrogen) atoms. The highest BCUT2D eigenvalue weighted by molar-refractivity contribution is 7.11. The van der Waals surface area contributed by atoms with Crippen LogP contribution in [0.15, 0.2) is 24.5 Å². The van der Waals surface area contributed by atoms with Crippen LogP contribution in [-0.2, 0) is 12.8 Å². The Bertz CT molecular complexity index is 502. The maximum Gasteiger partial charge on any atom is 0.0946 e. The molecule has 0 radical (unpaired) electrons. The zero-order chi connectivity index (χ0) is 14.4. The second-order valence-corrected chi connectivity index (χ2v) is 6.45. The molecule has 2 rings (SSSR count). The molecule has 0 fully saturated rings. The minimum absolute atomic E-state index is 0.447. The van der Waals surface area contributed by atoms with Crippen molar-refractivity contribution in [1.29, 1.82) is 0 Å². The van der Waals surface area contributed by atoms with Crippen molar-refractivity contribution in [3.8, 4) is 0 Å². The molecule has 2 aromatic rings. The van der Waals surface area contributed by atoms with E-state index < -0.39 is 0 Å². The number of hydrogen-bond acceptors (Lipinski definition) is 4. The highest BCUT2D eigenvalue weighted by Crippen LogP contribution is 2.19. The standard InChI is InChI=1S/C16H23N3S/c1-4-7-18-15(10-14-5-8-17-9-6-14)11-16-19-12(2)13(3)20-16/h5-6,8-9,15,18H,4,7,10-11H2,1-3H3. The number of rotatable bonds is 7. The summed E-state index contributed by atoms with van der Waals surface area (Å²) < 4.78 is 0. The van der Waals surface area contributed by atoms with Gasteiger partial charge in [-0.25, -0.2) is 4.98 Å². The normalized spacial score (nSPS) is 12.6. The number of nitrogens with zero attached hydrogens (tertiary/aromatic N) is 2. The van der Waals surface area contributed by atoms with Crippen molar-refractivity contribution in [2.24, 2.45) is 0 Å². The lowest BCUT2D eigenvalue weighted by Crippen LogP contribution is -2.33. The van der Waals surface area contributed by atoms with Crippen LogP contribution in [0.2, 0.25) is 0 Å². The molecular weight excluding hydrogens is 266 g/mol. The summed E-state index contributed by atoms with van der Waals surface area (Å²) in [5.74, 6) is 0. The third-order valence-corrected chi connectivity index (χ3v) is 4.50. The second kappa shape index (κ2) is 7.50. The Morgan fingerprint density at radius 2 is 1.95 bits per heavy atom. The fraction of sp³-hybridized carbons (Fsp3) is 0.500. The molecule has 1 unspecified atom stereocenters. The van der Waals surface area contributed by atoms with Crippen molar-refractivity contribution in [1.82, 2.24) is 15.3 Å². The third-order valence-electron chi connectivity index (χ3n) is 3.41. The van der Waals surface area contributed by atoms with E-state index in [9.17, 15) is 0 Å². The van der Waals surface area contributed by atoms with Gasteiger partial charge in [0.25, 0.3) is 0 Å². The smallest absolute Gasteiger partial charge is 0.0946 e. The van der Waals surface area contributed by atoms with E-state index in [0.29, 0.717) is 6.04 Å². The molecule has 0 aliphatic carbocycles. The third kappa shape index (κ3) is 4.39. The average Bonchev–Trinajstić information content (AvgIpc) is 2.76. The van der Waals surface area contributed by atoms with Crippen LogP contribution in [0.4, 0.5) is 0 Å². The van der Waals surface area contributed by atoms with Gasteiger partial charge in [0.2, 0.25) is 0 Å². The molecule has 0 saturated heterocycles. The fourth-order valence-electron chi connectivity index (χ4n) is 2.21. The molecule has 0 aliphatic rings. The molecule has 2 aromatic heterocycles.